The monoisotopic (exact) mass is 883 g/mol. The minimum Gasteiger partial charge on any atom is -0.309 e. The molecule has 0 saturated heterocycles. The first-order valence-corrected chi connectivity index (χ1v) is 22.6. The van der Waals surface area contributed by atoms with Gasteiger partial charge >= 0.3 is 6.18 Å². The summed E-state index contributed by atoms with van der Waals surface area (Å²) in [6.45, 7) is 0. The van der Waals surface area contributed by atoms with Crippen molar-refractivity contribution in [2.45, 2.75) is 6.18 Å². The van der Waals surface area contributed by atoms with Crippen molar-refractivity contribution in [3.63, 3.8) is 0 Å². The van der Waals surface area contributed by atoms with E-state index in [9.17, 15) is 13.2 Å². The highest BCUT2D eigenvalue weighted by atomic mass is 19.4. The predicted octanol–water partition coefficient (Wildman–Crippen LogP) is 16.2. The summed E-state index contributed by atoms with van der Waals surface area (Å²) in [6.07, 6.45) is -1.05. The summed E-state index contributed by atoms with van der Waals surface area (Å²) in [5.74, 6) is 0. The van der Waals surface area contributed by atoms with Crippen LogP contribution in [0.25, 0.3) is 121 Å². The van der Waals surface area contributed by atoms with Crippen LogP contribution in [-0.4, -0.2) is 23.3 Å². The third-order valence-corrected chi connectivity index (χ3v) is 13.9. The van der Waals surface area contributed by atoms with Gasteiger partial charge in [0, 0.05) is 78.0 Å². The Morgan fingerprint density at radius 3 is 1.10 bits per heavy atom. The third-order valence-electron chi connectivity index (χ3n) is 13.9. The SMILES string of the molecule is FC(F)(F)c1ccc(-c2cnccc2-n2c3ccccc3c3cc(-n4c5ccccc5c5ccccc54)ccc32)c(-n2c3ccccc3c3cc(-n4c5ccccc5c5ccccc54)ccc32)c1. The predicted molar refractivity (Wildman–Crippen MR) is 272 cm³/mol. The summed E-state index contributed by atoms with van der Waals surface area (Å²) in [5.41, 5.74) is 11.7. The number of hydrogen-bond acceptors (Lipinski definition) is 1. The Labute approximate surface area is 386 Å². The fourth-order valence-corrected chi connectivity index (χ4v) is 11.0. The summed E-state index contributed by atoms with van der Waals surface area (Å²) in [7, 11) is 0. The molecule has 14 rings (SSSR count). The van der Waals surface area contributed by atoms with Crippen molar-refractivity contribution in [3.05, 3.63) is 224 Å². The standard InChI is InChI=1S/C60H36F3N5/c61-60(62,63)37-25-28-46(59(33-37)68-55-24-12-6-18-45(55)48-35-39(27-30-57(48)68)66-52-21-9-3-15-42(52)43-16-4-10-22-53(43)66)49-36-64-32-31-58(49)67-54-23-11-5-17-44(54)47-34-38(26-29-56(47)67)65-50-19-7-1-13-40(50)41-14-2-8-20-51(41)65/h1-36H. The van der Waals surface area contributed by atoms with Crippen LogP contribution < -0.4 is 0 Å². The van der Waals surface area contributed by atoms with Gasteiger partial charge in [-0.15, -0.1) is 0 Å². The van der Waals surface area contributed by atoms with Gasteiger partial charge in [0.15, 0.2) is 0 Å². The van der Waals surface area contributed by atoms with Crippen molar-refractivity contribution in [2.24, 2.45) is 0 Å². The molecule has 0 atom stereocenters. The van der Waals surface area contributed by atoms with E-state index in [1.165, 1.54) is 22.9 Å². The smallest absolute Gasteiger partial charge is 0.309 e. The number of aromatic nitrogens is 5. The minimum atomic E-state index is -4.59. The van der Waals surface area contributed by atoms with E-state index >= 15 is 0 Å². The maximum absolute atomic E-state index is 15.0. The molecule has 14 aromatic rings. The highest BCUT2D eigenvalue weighted by molar-refractivity contribution is 6.14. The summed E-state index contributed by atoms with van der Waals surface area (Å²) >= 11 is 0. The molecule has 322 valence electrons. The zero-order valence-corrected chi connectivity index (χ0v) is 36.2. The van der Waals surface area contributed by atoms with Crippen LogP contribution in [0, 0.1) is 0 Å². The molecular formula is C60H36F3N5. The summed E-state index contributed by atoms with van der Waals surface area (Å²) in [6, 6.07) is 69.0. The highest BCUT2D eigenvalue weighted by Crippen LogP contribution is 2.44. The van der Waals surface area contributed by atoms with E-state index in [1.54, 1.807) is 18.5 Å². The molecule has 9 aromatic carbocycles. The second kappa shape index (κ2) is 14.3. The molecule has 0 aliphatic rings. The summed E-state index contributed by atoms with van der Waals surface area (Å²) in [4.78, 5) is 4.65. The summed E-state index contributed by atoms with van der Waals surface area (Å²) in [5, 5.41) is 8.64. The Morgan fingerprint density at radius 2 is 0.676 bits per heavy atom. The molecule has 0 spiro atoms. The number of halogens is 3. The van der Waals surface area contributed by atoms with Gasteiger partial charge in [-0.3, -0.25) is 4.98 Å². The molecule has 0 aliphatic heterocycles. The lowest BCUT2D eigenvalue weighted by Gasteiger charge is -2.20. The normalized spacial score (nSPS) is 12.3. The second-order valence-corrected chi connectivity index (χ2v) is 17.5. The zero-order chi connectivity index (χ0) is 45.3. The van der Waals surface area contributed by atoms with Crippen molar-refractivity contribution >= 4 is 87.2 Å². The molecule has 0 N–H and O–H groups in total. The van der Waals surface area contributed by atoms with Gasteiger partial charge in [-0.1, -0.05) is 115 Å². The number of hydrogen-bond donors (Lipinski definition) is 0. The van der Waals surface area contributed by atoms with Gasteiger partial charge in [0.2, 0.25) is 0 Å². The maximum atomic E-state index is 15.0. The topological polar surface area (TPSA) is 32.6 Å². The highest BCUT2D eigenvalue weighted by Gasteiger charge is 2.32. The Bertz CT molecular complexity index is 4280. The number of nitrogens with zero attached hydrogens (tertiary/aromatic N) is 5. The maximum Gasteiger partial charge on any atom is 0.416 e. The lowest BCUT2D eigenvalue weighted by molar-refractivity contribution is -0.137. The Morgan fingerprint density at radius 1 is 0.309 bits per heavy atom. The van der Waals surface area contributed by atoms with Gasteiger partial charge < -0.3 is 18.3 Å². The Hall–Kier alpha value is -8.88. The molecule has 0 fully saturated rings. The molecule has 0 amide bonds. The first kappa shape index (κ1) is 38.4. The number of benzene rings is 9. The molecule has 0 unspecified atom stereocenters. The Kier molecular flexibility index (Phi) is 8.08. The first-order chi connectivity index (χ1) is 33.4. The van der Waals surface area contributed by atoms with Crippen molar-refractivity contribution in [1.82, 2.24) is 23.3 Å². The lowest BCUT2D eigenvalue weighted by Crippen LogP contribution is -2.08. The molecule has 68 heavy (non-hydrogen) atoms. The van der Waals surface area contributed by atoms with Crippen LogP contribution in [0.1, 0.15) is 5.56 Å². The van der Waals surface area contributed by atoms with E-state index in [1.807, 2.05) is 53.1 Å². The van der Waals surface area contributed by atoms with Crippen molar-refractivity contribution in [3.8, 4) is 33.9 Å². The van der Waals surface area contributed by atoms with E-state index in [2.05, 4.69) is 158 Å². The molecule has 5 aromatic heterocycles. The number of fused-ring (bicyclic) bond motifs is 12. The second-order valence-electron chi connectivity index (χ2n) is 17.5. The lowest BCUT2D eigenvalue weighted by atomic mass is 10.00. The Balaban J connectivity index is 1.00. The molecule has 8 heteroatoms. The van der Waals surface area contributed by atoms with Crippen molar-refractivity contribution < 1.29 is 13.2 Å². The largest absolute Gasteiger partial charge is 0.416 e. The third kappa shape index (κ3) is 5.48. The van der Waals surface area contributed by atoms with Crippen LogP contribution >= 0.6 is 0 Å². The number of pyridine rings is 1. The minimum absolute atomic E-state index is 0.402. The van der Waals surface area contributed by atoms with E-state index in [4.69, 9.17) is 0 Å². The van der Waals surface area contributed by atoms with E-state index in [-0.39, 0.29) is 0 Å². The fourth-order valence-electron chi connectivity index (χ4n) is 11.0. The molecule has 0 radical (unpaired) electrons. The van der Waals surface area contributed by atoms with Crippen molar-refractivity contribution in [2.75, 3.05) is 0 Å². The number of alkyl halides is 3. The van der Waals surface area contributed by atoms with Gasteiger partial charge in [-0.2, -0.15) is 13.2 Å². The van der Waals surface area contributed by atoms with E-state index in [0.717, 1.165) is 93.5 Å². The van der Waals surface area contributed by atoms with Gasteiger partial charge in [0.25, 0.3) is 0 Å². The van der Waals surface area contributed by atoms with Crippen LogP contribution in [0.3, 0.4) is 0 Å². The molecule has 5 nitrogen and oxygen atoms in total. The van der Waals surface area contributed by atoms with E-state index in [0.29, 0.717) is 16.8 Å². The van der Waals surface area contributed by atoms with Gasteiger partial charge in [-0.25, -0.2) is 0 Å². The fraction of sp³-hybridized carbons (Fsp3) is 0.0167. The quantitative estimate of drug-likeness (QED) is 0.169. The number of para-hydroxylation sites is 6. The van der Waals surface area contributed by atoms with E-state index < -0.39 is 11.7 Å². The van der Waals surface area contributed by atoms with Crippen LogP contribution in [0.4, 0.5) is 13.2 Å². The average molecular weight is 884 g/mol. The van der Waals surface area contributed by atoms with Crippen LogP contribution in [0.15, 0.2) is 219 Å². The molecular weight excluding hydrogens is 848 g/mol. The first-order valence-electron chi connectivity index (χ1n) is 22.6. The van der Waals surface area contributed by atoms with Crippen LogP contribution in [-0.2, 0) is 6.18 Å². The van der Waals surface area contributed by atoms with Crippen molar-refractivity contribution in [1.29, 1.82) is 0 Å². The van der Waals surface area contributed by atoms with Crippen LogP contribution in [0.5, 0.6) is 0 Å². The zero-order valence-electron chi connectivity index (χ0n) is 36.2. The molecule has 0 aliphatic carbocycles. The average Bonchev–Trinajstić information content (AvgIpc) is 4.11. The van der Waals surface area contributed by atoms with Gasteiger partial charge in [-0.05, 0) is 91.0 Å². The van der Waals surface area contributed by atoms with Gasteiger partial charge in [0.1, 0.15) is 0 Å². The molecule has 0 bridgehead atoms. The molecule has 5 heterocycles. The van der Waals surface area contributed by atoms with Crippen LogP contribution in [0.2, 0.25) is 0 Å². The number of rotatable bonds is 5. The summed E-state index contributed by atoms with van der Waals surface area (Å²) < 4.78 is 53.7. The molecule has 0 saturated carbocycles. The van der Waals surface area contributed by atoms with Gasteiger partial charge in [0.05, 0.1) is 61.1 Å².